The topological polar surface area (TPSA) is 48.9 Å². The summed E-state index contributed by atoms with van der Waals surface area (Å²) in [6.45, 7) is 3.12. The van der Waals surface area contributed by atoms with E-state index in [2.05, 4.69) is 20.5 Å². The molecular weight excluding hydrogens is 285 g/mol. The van der Waals surface area contributed by atoms with Gasteiger partial charge in [-0.3, -0.25) is 9.89 Å². The Morgan fingerprint density at radius 1 is 1.38 bits per heavy atom. The lowest BCUT2D eigenvalue weighted by molar-refractivity contribution is -0.132. The third kappa shape index (κ3) is 7.52. The zero-order chi connectivity index (χ0) is 15.7. The molecule has 2 N–H and O–H groups in total. The fourth-order valence-corrected chi connectivity index (χ4v) is 2.39. The van der Waals surface area contributed by atoms with Gasteiger partial charge in [0.15, 0.2) is 5.96 Å². The first kappa shape index (κ1) is 18.0. The number of rotatable bonds is 7. The van der Waals surface area contributed by atoms with E-state index in [0.717, 1.165) is 25.9 Å². The smallest absolute Gasteiger partial charge is 0.383 e. The minimum Gasteiger partial charge on any atom is -0.383 e. The number of alkyl halides is 3. The minimum atomic E-state index is -4.14. The number of ether oxygens (including phenoxy) is 1. The average molecular weight is 310 g/mol. The standard InChI is InChI=1S/C13H25F3N4O/c1-17-12(18-6-5-13(14,15)16)19-10-11-4-3-7-20(11)8-9-21-2/h11H,3-10H2,1-2H3,(H2,17,18,19). The van der Waals surface area contributed by atoms with Crippen molar-refractivity contribution in [3.8, 4) is 0 Å². The Morgan fingerprint density at radius 3 is 2.76 bits per heavy atom. The van der Waals surface area contributed by atoms with E-state index in [1.54, 1.807) is 14.2 Å². The summed E-state index contributed by atoms with van der Waals surface area (Å²) >= 11 is 0. The van der Waals surface area contributed by atoms with E-state index in [9.17, 15) is 13.2 Å². The number of hydrogen-bond acceptors (Lipinski definition) is 3. The summed E-state index contributed by atoms with van der Waals surface area (Å²) < 4.78 is 41.4. The van der Waals surface area contributed by atoms with E-state index in [-0.39, 0.29) is 6.54 Å². The molecule has 1 fully saturated rings. The molecular formula is C13H25F3N4O. The van der Waals surface area contributed by atoms with Crippen LogP contribution in [0.3, 0.4) is 0 Å². The molecule has 0 bridgehead atoms. The third-order valence-electron chi connectivity index (χ3n) is 3.51. The monoisotopic (exact) mass is 310 g/mol. The van der Waals surface area contributed by atoms with Crippen LogP contribution >= 0.6 is 0 Å². The van der Waals surface area contributed by atoms with Crippen LogP contribution in [0.5, 0.6) is 0 Å². The van der Waals surface area contributed by atoms with Crippen molar-refractivity contribution in [2.24, 2.45) is 4.99 Å². The van der Waals surface area contributed by atoms with Crippen molar-refractivity contribution in [3.63, 3.8) is 0 Å². The van der Waals surface area contributed by atoms with Crippen LogP contribution in [0.1, 0.15) is 19.3 Å². The zero-order valence-corrected chi connectivity index (χ0v) is 12.7. The Bertz CT molecular complexity index is 323. The predicted molar refractivity (Wildman–Crippen MR) is 76.5 cm³/mol. The molecule has 1 aliphatic rings. The van der Waals surface area contributed by atoms with Gasteiger partial charge < -0.3 is 15.4 Å². The first-order valence-corrected chi connectivity index (χ1v) is 7.20. The SMILES string of the molecule is CN=C(NCCC(F)(F)F)NCC1CCCN1CCOC. The Labute approximate surface area is 123 Å². The summed E-state index contributed by atoms with van der Waals surface area (Å²) in [5.74, 6) is 0.415. The van der Waals surface area contributed by atoms with Gasteiger partial charge in [-0.15, -0.1) is 0 Å². The fraction of sp³-hybridized carbons (Fsp3) is 0.923. The molecule has 1 atom stereocenters. The van der Waals surface area contributed by atoms with Crippen molar-refractivity contribution in [2.75, 3.05) is 46.9 Å². The van der Waals surface area contributed by atoms with Crippen molar-refractivity contribution in [1.82, 2.24) is 15.5 Å². The summed E-state index contributed by atoms with van der Waals surface area (Å²) in [6, 6.07) is 0.376. The summed E-state index contributed by atoms with van der Waals surface area (Å²) in [6.07, 6.45) is -2.79. The van der Waals surface area contributed by atoms with Gasteiger partial charge in [-0.25, -0.2) is 0 Å². The number of halogens is 3. The molecule has 0 radical (unpaired) electrons. The zero-order valence-electron chi connectivity index (χ0n) is 12.7. The van der Waals surface area contributed by atoms with Gasteiger partial charge in [0.05, 0.1) is 13.0 Å². The van der Waals surface area contributed by atoms with E-state index in [1.165, 1.54) is 0 Å². The van der Waals surface area contributed by atoms with Crippen molar-refractivity contribution in [1.29, 1.82) is 0 Å². The molecule has 0 aromatic carbocycles. The number of nitrogens with zero attached hydrogens (tertiary/aromatic N) is 2. The molecule has 1 unspecified atom stereocenters. The number of nitrogens with one attached hydrogen (secondary N) is 2. The summed E-state index contributed by atoms with van der Waals surface area (Å²) in [5, 5.41) is 5.78. The van der Waals surface area contributed by atoms with Gasteiger partial charge in [-0.05, 0) is 19.4 Å². The number of guanidine groups is 1. The van der Waals surface area contributed by atoms with Gasteiger partial charge in [-0.1, -0.05) is 0 Å². The van der Waals surface area contributed by atoms with E-state index < -0.39 is 12.6 Å². The van der Waals surface area contributed by atoms with E-state index in [1.807, 2.05) is 0 Å². The number of hydrogen-bond donors (Lipinski definition) is 2. The largest absolute Gasteiger partial charge is 0.390 e. The highest BCUT2D eigenvalue weighted by Crippen LogP contribution is 2.18. The second-order valence-electron chi connectivity index (χ2n) is 5.07. The van der Waals surface area contributed by atoms with Crippen molar-refractivity contribution in [2.45, 2.75) is 31.5 Å². The molecule has 1 aliphatic heterocycles. The second kappa shape index (κ2) is 9.09. The first-order valence-electron chi connectivity index (χ1n) is 7.20. The number of aliphatic imine (C=N–C) groups is 1. The van der Waals surface area contributed by atoms with E-state index >= 15 is 0 Å². The third-order valence-corrected chi connectivity index (χ3v) is 3.51. The van der Waals surface area contributed by atoms with Crippen LogP contribution in [-0.2, 0) is 4.74 Å². The van der Waals surface area contributed by atoms with Gasteiger partial charge in [0.1, 0.15) is 0 Å². The lowest BCUT2D eigenvalue weighted by Gasteiger charge is -2.25. The van der Waals surface area contributed by atoms with Crippen LogP contribution in [0.15, 0.2) is 4.99 Å². The number of methoxy groups -OCH3 is 1. The summed E-state index contributed by atoms with van der Waals surface area (Å²) in [4.78, 5) is 6.27. The Balaban J connectivity index is 2.27. The molecule has 5 nitrogen and oxygen atoms in total. The predicted octanol–water partition coefficient (Wildman–Crippen LogP) is 1.21. The highest BCUT2D eigenvalue weighted by Gasteiger charge is 2.27. The fourth-order valence-electron chi connectivity index (χ4n) is 2.39. The van der Waals surface area contributed by atoms with Crippen molar-refractivity contribution < 1.29 is 17.9 Å². The van der Waals surface area contributed by atoms with Gasteiger partial charge >= 0.3 is 6.18 Å². The molecule has 1 rings (SSSR count). The molecule has 0 spiro atoms. The Hall–Kier alpha value is -1.02. The van der Waals surface area contributed by atoms with Gasteiger partial charge in [0.25, 0.3) is 0 Å². The van der Waals surface area contributed by atoms with Crippen molar-refractivity contribution in [3.05, 3.63) is 0 Å². The molecule has 8 heteroatoms. The minimum absolute atomic E-state index is 0.165. The molecule has 0 aromatic heterocycles. The average Bonchev–Trinajstić information content (AvgIpc) is 2.86. The molecule has 124 valence electrons. The molecule has 0 saturated carbocycles. The second-order valence-corrected chi connectivity index (χ2v) is 5.07. The molecule has 0 amide bonds. The molecule has 21 heavy (non-hydrogen) atoms. The summed E-state index contributed by atoms with van der Waals surface area (Å²) in [7, 11) is 3.23. The van der Waals surface area contributed by atoms with E-state index in [4.69, 9.17) is 4.74 Å². The Morgan fingerprint density at radius 2 is 2.14 bits per heavy atom. The van der Waals surface area contributed by atoms with Gasteiger partial charge in [-0.2, -0.15) is 13.2 Å². The molecule has 0 aromatic rings. The summed E-state index contributed by atoms with van der Waals surface area (Å²) in [5.41, 5.74) is 0. The van der Waals surface area contributed by atoms with Crippen LogP contribution in [0.4, 0.5) is 13.2 Å². The van der Waals surface area contributed by atoms with Crippen LogP contribution in [-0.4, -0.2) is 70.0 Å². The maximum Gasteiger partial charge on any atom is 0.390 e. The normalized spacial score (nSPS) is 20.8. The molecule has 1 saturated heterocycles. The van der Waals surface area contributed by atoms with Gasteiger partial charge in [0.2, 0.25) is 0 Å². The van der Waals surface area contributed by atoms with Crippen molar-refractivity contribution >= 4 is 5.96 Å². The highest BCUT2D eigenvalue weighted by atomic mass is 19.4. The lowest BCUT2D eigenvalue weighted by atomic mass is 10.2. The number of likely N-dealkylation sites (tertiary alicyclic amines) is 1. The maximum absolute atomic E-state index is 12.1. The molecule has 1 heterocycles. The molecule has 0 aliphatic carbocycles. The van der Waals surface area contributed by atoms with Crippen LogP contribution in [0.2, 0.25) is 0 Å². The maximum atomic E-state index is 12.1. The quantitative estimate of drug-likeness (QED) is 0.548. The lowest BCUT2D eigenvalue weighted by Crippen LogP contribution is -2.46. The highest BCUT2D eigenvalue weighted by molar-refractivity contribution is 5.79. The van der Waals surface area contributed by atoms with E-state index in [0.29, 0.717) is 25.2 Å². The first-order chi connectivity index (χ1) is 9.96. The van der Waals surface area contributed by atoms with Gasteiger partial charge in [0, 0.05) is 39.8 Å². The Kier molecular flexibility index (Phi) is 7.81. The van der Waals surface area contributed by atoms with Crippen LogP contribution in [0.25, 0.3) is 0 Å². The van der Waals surface area contributed by atoms with Crippen LogP contribution in [0, 0.1) is 0 Å². The van der Waals surface area contributed by atoms with Crippen LogP contribution < -0.4 is 10.6 Å².